The number of nitrogen functional groups attached to an aromatic ring is 1. The number of nitrogens with two attached hydrogens (primary N) is 1. The van der Waals surface area contributed by atoms with Gasteiger partial charge in [0.1, 0.15) is 5.75 Å². The predicted molar refractivity (Wildman–Crippen MR) is 94.5 cm³/mol. The number of nitrogens with zero attached hydrogens (tertiary/aromatic N) is 4. The highest BCUT2D eigenvalue weighted by Crippen LogP contribution is 2.21. The van der Waals surface area contributed by atoms with Crippen molar-refractivity contribution in [2.24, 2.45) is 0 Å². The van der Waals surface area contributed by atoms with Crippen molar-refractivity contribution in [2.75, 3.05) is 43.9 Å². The molecule has 8 heteroatoms. The van der Waals surface area contributed by atoms with Crippen LogP contribution in [-0.4, -0.2) is 53.5 Å². The number of aromatic nitrogens is 2. The summed E-state index contributed by atoms with van der Waals surface area (Å²) in [5, 5.41) is 0.825. The minimum Gasteiger partial charge on any atom is -0.497 e. The second kappa shape index (κ2) is 7.04. The van der Waals surface area contributed by atoms with Crippen molar-refractivity contribution in [2.45, 2.75) is 13.3 Å². The molecule has 0 bridgehead atoms. The van der Waals surface area contributed by atoms with Crippen LogP contribution in [0.15, 0.2) is 18.2 Å². The Bertz CT molecular complexity index is 725. The Morgan fingerprint density at radius 2 is 2.08 bits per heavy atom. The molecule has 0 radical (unpaired) electrons. The number of carbonyl (C=O) groups excluding carboxylic acids is 1. The van der Waals surface area contributed by atoms with Crippen LogP contribution in [0.25, 0.3) is 0 Å². The first-order chi connectivity index (χ1) is 11.6. The molecule has 1 aliphatic heterocycles. The van der Waals surface area contributed by atoms with Crippen LogP contribution in [-0.2, 0) is 11.2 Å². The maximum absolute atomic E-state index is 12.6. The van der Waals surface area contributed by atoms with E-state index in [9.17, 15) is 4.79 Å². The number of carbonyl (C=O) groups is 1. The summed E-state index contributed by atoms with van der Waals surface area (Å²) in [5.74, 6) is 1.27. The highest BCUT2D eigenvalue weighted by Gasteiger charge is 2.23. The third kappa shape index (κ3) is 3.59. The van der Waals surface area contributed by atoms with E-state index in [4.69, 9.17) is 10.5 Å². The molecule has 0 unspecified atom stereocenters. The molecule has 1 saturated heterocycles. The molecule has 1 aromatic carbocycles. The molecular formula is C16H21N5O2S. The molecule has 1 fully saturated rings. The number of aryl methyl sites for hydroxylation is 1. The number of methoxy groups -OCH3 is 1. The van der Waals surface area contributed by atoms with E-state index in [1.54, 1.807) is 7.11 Å². The summed E-state index contributed by atoms with van der Waals surface area (Å²) in [7, 11) is 1.64. The van der Waals surface area contributed by atoms with E-state index in [0.717, 1.165) is 35.1 Å². The zero-order valence-corrected chi connectivity index (χ0v) is 14.7. The summed E-state index contributed by atoms with van der Waals surface area (Å²) >= 11 is 1.30. The Morgan fingerprint density at radius 1 is 1.33 bits per heavy atom. The van der Waals surface area contributed by atoms with Crippen LogP contribution in [0.1, 0.15) is 11.1 Å². The number of rotatable bonds is 4. The molecule has 2 aromatic rings. The van der Waals surface area contributed by atoms with Gasteiger partial charge in [-0.3, -0.25) is 4.79 Å². The Hall–Kier alpha value is -2.35. The Kier molecular flexibility index (Phi) is 4.84. The number of amides is 1. The first-order valence-electron chi connectivity index (χ1n) is 7.82. The van der Waals surface area contributed by atoms with Crippen molar-refractivity contribution in [3.05, 3.63) is 29.3 Å². The van der Waals surface area contributed by atoms with Gasteiger partial charge in [0, 0.05) is 37.7 Å². The van der Waals surface area contributed by atoms with Crippen LogP contribution >= 0.6 is 11.5 Å². The van der Waals surface area contributed by atoms with Gasteiger partial charge in [0.05, 0.1) is 13.5 Å². The molecule has 3 rings (SSSR count). The summed E-state index contributed by atoms with van der Waals surface area (Å²) in [6.07, 6.45) is 0.418. The molecule has 2 N–H and O–H groups in total. The van der Waals surface area contributed by atoms with E-state index in [1.165, 1.54) is 11.5 Å². The van der Waals surface area contributed by atoms with Crippen LogP contribution in [0.4, 0.5) is 11.1 Å². The van der Waals surface area contributed by atoms with E-state index in [2.05, 4.69) is 14.3 Å². The summed E-state index contributed by atoms with van der Waals surface area (Å²) in [6, 6.07) is 5.82. The van der Waals surface area contributed by atoms with Crippen LogP contribution in [0.5, 0.6) is 5.75 Å². The number of hydrogen-bond donors (Lipinski definition) is 1. The molecule has 2 heterocycles. The molecule has 0 atom stereocenters. The monoisotopic (exact) mass is 347 g/mol. The van der Waals surface area contributed by atoms with E-state index in [1.807, 2.05) is 30.0 Å². The lowest BCUT2D eigenvalue weighted by molar-refractivity contribution is -0.130. The van der Waals surface area contributed by atoms with Gasteiger partial charge in [0.2, 0.25) is 17.0 Å². The molecule has 0 aliphatic carbocycles. The molecule has 1 aromatic heterocycles. The maximum Gasteiger partial charge on any atom is 0.233 e. The molecule has 7 nitrogen and oxygen atoms in total. The minimum absolute atomic E-state index is 0.152. The van der Waals surface area contributed by atoms with Crippen molar-refractivity contribution in [1.82, 2.24) is 14.3 Å². The van der Waals surface area contributed by atoms with Gasteiger partial charge in [-0.15, -0.1) is 0 Å². The highest BCUT2D eigenvalue weighted by molar-refractivity contribution is 7.09. The number of ether oxygens (including phenoxy) is 1. The minimum atomic E-state index is 0.152. The van der Waals surface area contributed by atoms with Crippen molar-refractivity contribution >= 4 is 28.5 Å². The van der Waals surface area contributed by atoms with Gasteiger partial charge < -0.3 is 20.3 Å². The zero-order chi connectivity index (χ0) is 17.1. The molecule has 0 saturated carbocycles. The quantitative estimate of drug-likeness (QED) is 0.898. The Balaban J connectivity index is 1.57. The largest absolute Gasteiger partial charge is 0.497 e. The standard InChI is InChI=1S/C16H21N5O2S/c1-11-9-13(23-2)4-3-12(11)10-14(22)20-5-7-21(8-6-20)16-18-15(17)19-24-16/h3-4,9H,5-8,10H2,1-2H3,(H2,17,19). The van der Waals surface area contributed by atoms with E-state index in [0.29, 0.717) is 25.5 Å². The lowest BCUT2D eigenvalue weighted by Crippen LogP contribution is -2.49. The fourth-order valence-corrected chi connectivity index (χ4v) is 3.42. The normalized spacial score (nSPS) is 14.8. The molecule has 24 heavy (non-hydrogen) atoms. The SMILES string of the molecule is COc1ccc(CC(=O)N2CCN(c3nc(N)ns3)CC2)c(C)c1. The van der Waals surface area contributed by atoms with Gasteiger partial charge in [0.25, 0.3) is 0 Å². The van der Waals surface area contributed by atoms with Gasteiger partial charge >= 0.3 is 0 Å². The van der Waals surface area contributed by atoms with Crippen LogP contribution in [0, 0.1) is 6.92 Å². The maximum atomic E-state index is 12.6. The number of benzene rings is 1. The Morgan fingerprint density at radius 3 is 2.67 bits per heavy atom. The summed E-state index contributed by atoms with van der Waals surface area (Å²) in [5.41, 5.74) is 7.69. The average molecular weight is 347 g/mol. The molecule has 0 spiro atoms. The van der Waals surface area contributed by atoms with Crippen molar-refractivity contribution in [1.29, 1.82) is 0 Å². The van der Waals surface area contributed by atoms with Gasteiger partial charge in [-0.05, 0) is 30.2 Å². The fourth-order valence-electron chi connectivity index (χ4n) is 2.77. The van der Waals surface area contributed by atoms with Gasteiger partial charge in [-0.1, -0.05) is 6.07 Å². The van der Waals surface area contributed by atoms with Crippen molar-refractivity contribution < 1.29 is 9.53 Å². The summed E-state index contributed by atoms with van der Waals surface area (Å²) in [4.78, 5) is 20.8. The lowest BCUT2D eigenvalue weighted by Gasteiger charge is -2.34. The van der Waals surface area contributed by atoms with Crippen molar-refractivity contribution in [3.63, 3.8) is 0 Å². The van der Waals surface area contributed by atoms with Crippen LogP contribution in [0.3, 0.4) is 0 Å². The smallest absolute Gasteiger partial charge is 0.233 e. The van der Waals surface area contributed by atoms with E-state index in [-0.39, 0.29) is 5.91 Å². The number of piperazine rings is 1. The fraction of sp³-hybridized carbons (Fsp3) is 0.438. The van der Waals surface area contributed by atoms with Crippen LogP contribution < -0.4 is 15.4 Å². The third-order valence-corrected chi connectivity index (χ3v) is 5.02. The molecule has 128 valence electrons. The number of hydrogen-bond acceptors (Lipinski definition) is 7. The van der Waals surface area contributed by atoms with Crippen LogP contribution in [0.2, 0.25) is 0 Å². The van der Waals surface area contributed by atoms with E-state index >= 15 is 0 Å². The topological polar surface area (TPSA) is 84.6 Å². The first-order valence-corrected chi connectivity index (χ1v) is 8.59. The second-order valence-corrected chi connectivity index (χ2v) is 6.50. The van der Waals surface area contributed by atoms with Gasteiger partial charge in [-0.25, -0.2) is 0 Å². The predicted octanol–water partition coefficient (Wildman–Crippen LogP) is 1.33. The lowest BCUT2D eigenvalue weighted by atomic mass is 10.0. The summed E-state index contributed by atoms with van der Waals surface area (Å²) < 4.78 is 9.21. The highest BCUT2D eigenvalue weighted by atomic mass is 32.1. The Labute approximate surface area is 145 Å². The zero-order valence-electron chi connectivity index (χ0n) is 13.9. The number of anilines is 2. The summed E-state index contributed by atoms with van der Waals surface area (Å²) in [6.45, 7) is 4.88. The first kappa shape index (κ1) is 16.5. The van der Waals surface area contributed by atoms with Crippen molar-refractivity contribution in [3.8, 4) is 5.75 Å². The molecule has 1 aliphatic rings. The second-order valence-electron chi connectivity index (χ2n) is 5.77. The van der Waals surface area contributed by atoms with Gasteiger partial charge in [-0.2, -0.15) is 9.36 Å². The van der Waals surface area contributed by atoms with E-state index < -0.39 is 0 Å². The third-order valence-electron chi connectivity index (χ3n) is 4.23. The molecular weight excluding hydrogens is 326 g/mol. The van der Waals surface area contributed by atoms with Gasteiger partial charge in [0.15, 0.2) is 0 Å². The average Bonchev–Trinajstić information content (AvgIpc) is 3.03. The molecule has 1 amide bonds.